The fraction of sp³-hybridized carbons (Fsp3) is 0.724. The Labute approximate surface area is 217 Å². The zero-order valence-electron chi connectivity index (χ0n) is 22.8. The molecule has 5 rings (SSSR count). The molecule has 3 heterocycles. The maximum absolute atomic E-state index is 13.9. The second-order valence-corrected chi connectivity index (χ2v) is 12.5. The van der Waals surface area contributed by atoms with Crippen molar-refractivity contribution < 1.29 is 14.3 Å². The summed E-state index contributed by atoms with van der Waals surface area (Å²) in [5, 5.41) is 9.86. The van der Waals surface area contributed by atoms with E-state index in [-0.39, 0.29) is 18.0 Å². The van der Waals surface area contributed by atoms with E-state index in [9.17, 15) is 9.59 Å². The molecular weight excluding hydrogens is 452 g/mol. The number of piperidine rings is 2. The minimum Gasteiger partial charge on any atom is -0.444 e. The number of likely N-dealkylation sites (tertiary alicyclic amines) is 1. The third-order valence-electron chi connectivity index (χ3n) is 8.06. The quantitative estimate of drug-likeness (QED) is 0.430. The van der Waals surface area contributed by atoms with Crippen LogP contribution in [0.5, 0.6) is 0 Å². The first-order valence-corrected chi connectivity index (χ1v) is 13.9. The molecule has 4 bridgehead atoms. The predicted octanol–water partition coefficient (Wildman–Crippen LogP) is 3.58. The average molecular weight is 499 g/mol. The average Bonchev–Trinajstić information content (AvgIpc) is 3.05. The molecule has 1 aromatic rings. The maximum atomic E-state index is 13.9. The molecule has 5 atom stereocenters. The SMILES string of the molecule is CC(C)CN1CC2CC3CNC2(C(=O)NCCCCNC(=O)OC(C)(C)C)C1C3Cc1ccccc1. The Morgan fingerprint density at radius 3 is 2.50 bits per heavy atom. The summed E-state index contributed by atoms with van der Waals surface area (Å²) in [7, 11) is 0. The first kappa shape index (κ1) is 26.9. The summed E-state index contributed by atoms with van der Waals surface area (Å²) >= 11 is 0. The van der Waals surface area contributed by atoms with E-state index >= 15 is 0 Å². The molecule has 1 aliphatic carbocycles. The highest BCUT2D eigenvalue weighted by Gasteiger charge is 2.67. The highest BCUT2D eigenvalue weighted by molar-refractivity contribution is 5.89. The smallest absolute Gasteiger partial charge is 0.407 e. The monoisotopic (exact) mass is 498 g/mol. The van der Waals surface area contributed by atoms with Gasteiger partial charge in [0.15, 0.2) is 0 Å². The largest absolute Gasteiger partial charge is 0.444 e. The molecule has 5 unspecified atom stereocenters. The van der Waals surface area contributed by atoms with Gasteiger partial charge in [0.2, 0.25) is 5.91 Å². The van der Waals surface area contributed by atoms with Crippen LogP contribution in [0.15, 0.2) is 30.3 Å². The van der Waals surface area contributed by atoms with Crippen molar-refractivity contribution in [3.63, 3.8) is 0 Å². The lowest BCUT2D eigenvalue weighted by Gasteiger charge is -2.56. The van der Waals surface area contributed by atoms with Crippen molar-refractivity contribution in [3.8, 4) is 0 Å². The standard InChI is InChI=1S/C29H46N4O3/c1-20(2)18-33-19-23-16-22-17-32-29(23,25(33)24(22)15-21-11-7-6-8-12-21)26(34)30-13-9-10-14-31-27(35)36-28(3,4)5/h6-8,11-12,20,22-25,32H,9-10,13-19H2,1-5H3,(H,30,34)(H,31,35). The van der Waals surface area contributed by atoms with Crippen molar-refractivity contribution in [2.45, 2.75) is 77.5 Å². The van der Waals surface area contributed by atoms with Crippen LogP contribution in [-0.4, -0.2) is 66.8 Å². The van der Waals surface area contributed by atoms with Crippen LogP contribution in [0.25, 0.3) is 0 Å². The van der Waals surface area contributed by atoms with Gasteiger partial charge in [-0.3, -0.25) is 9.69 Å². The van der Waals surface area contributed by atoms with Crippen LogP contribution < -0.4 is 16.0 Å². The zero-order chi connectivity index (χ0) is 25.9. The van der Waals surface area contributed by atoms with E-state index in [4.69, 9.17) is 4.74 Å². The van der Waals surface area contributed by atoms with Crippen molar-refractivity contribution >= 4 is 12.0 Å². The number of carbonyl (C=O) groups is 2. The van der Waals surface area contributed by atoms with Gasteiger partial charge in [-0.25, -0.2) is 4.79 Å². The van der Waals surface area contributed by atoms with Gasteiger partial charge in [-0.1, -0.05) is 44.2 Å². The van der Waals surface area contributed by atoms with Gasteiger partial charge in [-0.15, -0.1) is 0 Å². The third-order valence-corrected chi connectivity index (χ3v) is 8.06. The van der Waals surface area contributed by atoms with Crippen LogP contribution in [0.3, 0.4) is 0 Å². The summed E-state index contributed by atoms with van der Waals surface area (Å²) in [6.07, 6.45) is 3.39. The maximum Gasteiger partial charge on any atom is 0.407 e. The first-order valence-electron chi connectivity index (χ1n) is 13.9. The zero-order valence-corrected chi connectivity index (χ0v) is 22.8. The van der Waals surface area contributed by atoms with Gasteiger partial charge < -0.3 is 20.7 Å². The third kappa shape index (κ3) is 5.88. The van der Waals surface area contributed by atoms with Crippen LogP contribution in [0.1, 0.15) is 59.4 Å². The van der Waals surface area contributed by atoms with Crippen LogP contribution in [-0.2, 0) is 16.0 Å². The van der Waals surface area contributed by atoms with E-state index < -0.39 is 11.1 Å². The highest BCUT2D eigenvalue weighted by Crippen LogP contribution is 2.53. The molecule has 7 heteroatoms. The summed E-state index contributed by atoms with van der Waals surface area (Å²) < 4.78 is 5.28. The molecular formula is C29H46N4O3. The summed E-state index contributed by atoms with van der Waals surface area (Å²) in [4.78, 5) is 28.3. The topological polar surface area (TPSA) is 82.7 Å². The molecule has 4 fully saturated rings. The Morgan fingerprint density at radius 2 is 1.83 bits per heavy atom. The molecule has 3 saturated heterocycles. The number of amides is 2. The Balaban J connectivity index is 1.38. The Bertz CT molecular complexity index is 900. The van der Waals surface area contributed by atoms with E-state index in [0.29, 0.717) is 36.8 Å². The van der Waals surface area contributed by atoms with Gasteiger partial charge in [-0.05, 0) is 76.3 Å². The number of carbonyl (C=O) groups excluding carboxylic acids is 2. The second-order valence-electron chi connectivity index (χ2n) is 12.5. The van der Waals surface area contributed by atoms with E-state index in [1.165, 1.54) is 5.56 Å². The lowest BCUT2D eigenvalue weighted by atomic mass is 9.58. The van der Waals surface area contributed by atoms with Crippen LogP contribution in [0.4, 0.5) is 4.79 Å². The number of rotatable bonds is 10. The summed E-state index contributed by atoms with van der Waals surface area (Å²) in [6.45, 7) is 14.2. The van der Waals surface area contributed by atoms with E-state index in [2.05, 4.69) is 65.0 Å². The summed E-state index contributed by atoms with van der Waals surface area (Å²) in [5.41, 5.74) is 0.374. The molecule has 0 radical (unpaired) electrons. The molecule has 1 saturated carbocycles. The van der Waals surface area contributed by atoms with Crippen molar-refractivity contribution in [1.29, 1.82) is 0 Å². The second kappa shape index (κ2) is 11.1. The number of hydrogen-bond donors (Lipinski definition) is 3. The molecule has 200 valence electrons. The van der Waals surface area contributed by atoms with Gasteiger partial charge in [0, 0.05) is 38.1 Å². The molecule has 3 N–H and O–H groups in total. The van der Waals surface area contributed by atoms with Gasteiger partial charge >= 0.3 is 6.09 Å². The fourth-order valence-corrected chi connectivity index (χ4v) is 6.85. The van der Waals surface area contributed by atoms with Gasteiger partial charge in [0.05, 0.1) is 0 Å². The van der Waals surface area contributed by atoms with Gasteiger partial charge in [0.1, 0.15) is 11.1 Å². The number of benzene rings is 1. The lowest BCUT2D eigenvalue weighted by molar-refractivity contribution is -0.138. The van der Waals surface area contributed by atoms with Crippen LogP contribution in [0.2, 0.25) is 0 Å². The Kier molecular flexibility index (Phi) is 8.30. The predicted molar refractivity (Wildman–Crippen MR) is 143 cm³/mol. The molecule has 3 aliphatic heterocycles. The van der Waals surface area contributed by atoms with Crippen molar-refractivity contribution in [3.05, 3.63) is 35.9 Å². The Hall–Kier alpha value is -2.12. The minimum absolute atomic E-state index is 0.167. The van der Waals surface area contributed by atoms with Crippen molar-refractivity contribution in [2.24, 2.45) is 23.7 Å². The van der Waals surface area contributed by atoms with E-state index in [1.807, 2.05) is 20.8 Å². The van der Waals surface area contributed by atoms with Crippen LogP contribution in [0, 0.1) is 23.7 Å². The number of alkyl carbamates (subject to hydrolysis) is 1. The number of unbranched alkanes of at least 4 members (excludes halogenated alkanes) is 1. The van der Waals surface area contributed by atoms with Crippen molar-refractivity contribution in [2.75, 3.05) is 32.7 Å². The number of nitrogens with zero attached hydrogens (tertiary/aromatic N) is 1. The number of hydrogen-bond acceptors (Lipinski definition) is 5. The molecule has 7 nitrogen and oxygen atoms in total. The summed E-state index contributed by atoms with van der Waals surface area (Å²) in [5.74, 6) is 2.19. The number of ether oxygens (including phenoxy) is 1. The molecule has 36 heavy (non-hydrogen) atoms. The minimum atomic E-state index is -0.502. The van der Waals surface area contributed by atoms with E-state index in [1.54, 1.807) is 0 Å². The van der Waals surface area contributed by atoms with E-state index in [0.717, 1.165) is 45.3 Å². The summed E-state index contributed by atoms with van der Waals surface area (Å²) in [6, 6.07) is 11.0. The van der Waals surface area contributed by atoms with Gasteiger partial charge in [0.25, 0.3) is 0 Å². The molecule has 1 aromatic carbocycles. The fourth-order valence-electron chi connectivity index (χ4n) is 6.85. The highest BCUT2D eigenvalue weighted by atomic mass is 16.6. The van der Waals surface area contributed by atoms with Crippen molar-refractivity contribution in [1.82, 2.24) is 20.9 Å². The Morgan fingerprint density at radius 1 is 1.14 bits per heavy atom. The molecule has 0 spiro atoms. The molecule has 4 aliphatic rings. The number of fused-ring (bicyclic) bond motifs is 1. The molecule has 2 amide bonds. The first-order chi connectivity index (χ1) is 17.1. The van der Waals surface area contributed by atoms with Crippen LogP contribution >= 0.6 is 0 Å². The number of nitrogens with one attached hydrogen (secondary N) is 3. The van der Waals surface area contributed by atoms with Gasteiger partial charge in [-0.2, -0.15) is 0 Å². The molecule has 0 aromatic heterocycles. The normalized spacial score (nSPS) is 29.4. The lowest BCUT2D eigenvalue weighted by Crippen LogP contribution is -2.76.